The summed E-state index contributed by atoms with van der Waals surface area (Å²) in [5.41, 5.74) is 1.05. The molecule has 3 saturated heterocycles. The van der Waals surface area contributed by atoms with E-state index in [9.17, 15) is 23.6 Å². The minimum Gasteiger partial charge on any atom is -0.375 e. The molecule has 12 heteroatoms. The highest BCUT2D eigenvalue weighted by molar-refractivity contribution is 5.95. The lowest BCUT2D eigenvalue weighted by Gasteiger charge is -2.38. The maximum absolute atomic E-state index is 14.9. The number of fused-ring (bicyclic) bond motifs is 1. The average Bonchev–Trinajstić information content (AvgIpc) is 3.08. The van der Waals surface area contributed by atoms with Gasteiger partial charge in [0, 0.05) is 71.1 Å². The highest BCUT2D eigenvalue weighted by atomic mass is 19.1. The normalized spacial score (nSPS) is 18.7. The molecule has 244 valence electrons. The second kappa shape index (κ2) is 14.1. The van der Waals surface area contributed by atoms with E-state index in [1.54, 1.807) is 41.0 Å². The third-order valence-corrected chi connectivity index (χ3v) is 9.49. The fourth-order valence-corrected chi connectivity index (χ4v) is 6.75. The van der Waals surface area contributed by atoms with Crippen molar-refractivity contribution in [1.82, 2.24) is 29.8 Å². The average molecular weight is 633 g/mol. The largest absolute Gasteiger partial charge is 0.375 e. The Morgan fingerprint density at radius 3 is 2.15 bits per heavy atom. The Balaban J connectivity index is 0.971. The van der Waals surface area contributed by atoms with Gasteiger partial charge in [-0.2, -0.15) is 5.10 Å². The monoisotopic (exact) mass is 632 g/mol. The summed E-state index contributed by atoms with van der Waals surface area (Å²) in [4.78, 5) is 57.6. The number of H-pyrrole nitrogens is 1. The Morgan fingerprint density at radius 2 is 1.48 bits per heavy atom. The number of carbonyl (C=O) groups excluding carboxylic acids is 3. The third kappa shape index (κ3) is 7.28. The first kappa shape index (κ1) is 31.8. The van der Waals surface area contributed by atoms with E-state index >= 15 is 0 Å². The van der Waals surface area contributed by atoms with Crippen LogP contribution in [0.4, 0.5) is 4.39 Å². The SMILES string of the molecule is CC(=O)N1CCC(OC2CCN(CC(=O)N3CCN(C(=O)c4cc(Cc5n[nH]c(=O)c6ccccc56)ccc4F)CC3)CC2)CC1. The highest BCUT2D eigenvalue weighted by Gasteiger charge is 2.30. The van der Waals surface area contributed by atoms with E-state index < -0.39 is 11.7 Å². The fraction of sp³-hybridized carbons (Fsp3) is 0.500. The van der Waals surface area contributed by atoms with Crippen molar-refractivity contribution in [2.75, 3.05) is 58.9 Å². The number of rotatable bonds is 7. The Bertz CT molecular complexity index is 1640. The Hall–Kier alpha value is -4.16. The van der Waals surface area contributed by atoms with Crippen LogP contribution < -0.4 is 5.56 Å². The Morgan fingerprint density at radius 1 is 0.848 bits per heavy atom. The number of benzene rings is 2. The van der Waals surface area contributed by atoms with Crippen molar-refractivity contribution in [2.24, 2.45) is 0 Å². The standard InChI is InChI=1S/C34H41FN6O5/c1-23(42)39-14-10-26(11-15-39)46-25-8-12-38(13-9-25)22-32(43)40-16-18-41(19-17-40)34(45)29-20-24(6-7-30(29)35)21-31-27-4-2-3-5-28(27)33(44)37-36-31/h2-7,20,25-26H,8-19,21-22H2,1H3,(H,37,44). The number of halogens is 1. The zero-order valence-electron chi connectivity index (χ0n) is 26.3. The molecule has 3 aliphatic heterocycles. The molecule has 0 spiro atoms. The molecule has 3 aliphatic rings. The van der Waals surface area contributed by atoms with Crippen LogP contribution in [0.3, 0.4) is 0 Å². The molecular weight excluding hydrogens is 591 g/mol. The van der Waals surface area contributed by atoms with Gasteiger partial charge in [0.1, 0.15) is 5.82 Å². The van der Waals surface area contributed by atoms with Crippen LogP contribution >= 0.6 is 0 Å². The van der Waals surface area contributed by atoms with Gasteiger partial charge >= 0.3 is 0 Å². The number of nitrogens with one attached hydrogen (secondary N) is 1. The molecule has 3 aromatic rings. The lowest BCUT2D eigenvalue weighted by molar-refractivity contribution is -0.136. The van der Waals surface area contributed by atoms with Crippen molar-refractivity contribution in [3.63, 3.8) is 0 Å². The summed E-state index contributed by atoms with van der Waals surface area (Å²) in [5.74, 6) is -0.840. The van der Waals surface area contributed by atoms with Crippen LogP contribution in [-0.2, 0) is 20.7 Å². The van der Waals surface area contributed by atoms with E-state index in [4.69, 9.17) is 4.74 Å². The van der Waals surface area contributed by atoms with E-state index in [2.05, 4.69) is 15.1 Å². The highest BCUT2D eigenvalue weighted by Crippen LogP contribution is 2.22. The smallest absolute Gasteiger partial charge is 0.272 e. The number of hydrogen-bond donors (Lipinski definition) is 1. The summed E-state index contributed by atoms with van der Waals surface area (Å²) in [5, 5.41) is 7.96. The molecular formula is C34H41FN6O5. The predicted molar refractivity (Wildman–Crippen MR) is 170 cm³/mol. The quantitative estimate of drug-likeness (QED) is 0.425. The van der Waals surface area contributed by atoms with E-state index in [0.717, 1.165) is 51.9 Å². The van der Waals surface area contributed by atoms with Crippen LogP contribution in [0.1, 0.15) is 54.2 Å². The first-order chi connectivity index (χ1) is 22.2. The number of hydrogen-bond acceptors (Lipinski definition) is 7. The minimum atomic E-state index is -0.597. The van der Waals surface area contributed by atoms with Crippen LogP contribution in [-0.4, -0.2) is 119 Å². The van der Waals surface area contributed by atoms with Crippen molar-refractivity contribution < 1.29 is 23.5 Å². The van der Waals surface area contributed by atoms with Crippen LogP contribution in [0.15, 0.2) is 47.3 Å². The van der Waals surface area contributed by atoms with Crippen molar-refractivity contribution in [2.45, 2.75) is 51.2 Å². The Kier molecular flexibility index (Phi) is 9.74. The van der Waals surface area contributed by atoms with Gasteiger partial charge in [0.15, 0.2) is 0 Å². The maximum Gasteiger partial charge on any atom is 0.272 e. The molecule has 0 atom stereocenters. The van der Waals surface area contributed by atoms with E-state index in [0.29, 0.717) is 61.2 Å². The topological polar surface area (TPSA) is 119 Å². The van der Waals surface area contributed by atoms with Gasteiger partial charge in [-0.15, -0.1) is 0 Å². The van der Waals surface area contributed by atoms with Crippen LogP contribution in [0.5, 0.6) is 0 Å². The van der Waals surface area contributed by atoms with Crippen molar-refractivity contribution in [3.05, 3.63) is 75.5 Å². The number of aromatic nitrogens is 2. The Labute approximate surface area is 267 Å². The van der Waals surface area contributed by atoms with Crippen LogP contribution in [0.2, 0.25) is 0 Å². The molecule has 0 unspecified atom stereocenters. The van der Waals surface area contributed by atoms with Gasteiger partial charge < -0.3 is 19.4 Å². The molecule has 1 N–H and O–H groups in total. The number of likely N-dealkylation sites (tertiary alicyclic amines) is 2. The first-order valence-electron chi connectivity index (χ1n) is 16.2. The molecule has 3 fully saturated rings. The molecule has 0 aliphatic carbocycles. The number of nitrogens with zero attached hydrogens (tertiary/aromatic N) is 5. The van der Waals surface area contributed by atoms with Gasteiger partial charge in [-0.25, -0.2) is 9.49 Å². The zero-order chi connectivity index (χ0) is 32.2. The van der Waals surface area contributed by atoms with Crippen LogP contribution in [0, 0.1) is 5.82 Å². The summed E-state index contributed by atoms with van der Waals surface area (Å²) in [6.45, 7) is 6.50. The van der Waals surface area contributed by atoms with Gasteiger partial charge in [-0.3, -0.25) is 24.1 Å². The summed E-state index contributed by atoms with van der Waals surface area (Å²) in [6.07, 6.45) is 4.19. The number of piperazine rings is 1. The van der Waals surface area contributed by atoms with Gasteiger partial charge in [0.2, 0.25) is 11.8 Å². The fourth-order valence-electron chi connectivity index (χ4n) is 6.75. The van der Waals surface area contributed by atoms with E-state index in [1.807, 2.05) is 17.0 Å². The second-order valence-corrected chi connectivity index (χ2v) is 12.5. The summed E-state index contributed by atoms with van der Waals surface area (Å²) in [7, 11) is 0. The predicted octanol–water partition coefficient (Wildman–Crippen LogP) is 2.43. The van der Waals surface area contributed by atoms with Gasteiger partial charge in [0.25, 0.3) is 11.5 Å². The molecule has 6 rings (SSSR count). The first-order valence-corrected chi connectivity index (χ1v) is 16.2. The minimum absolute atomic E-state index is 0.0134. The molecule has 3 amide bonds. The molecule has 2 aromatic carbocycles. The van der Waals surface area contributed by atoms with Gasteiger partial charge in [0.05, 0.1) is 35.4 Å². The number of carbonyl (C=O) groups is 3. The maximum atomic E-state index is 14.9. The van der Waals surface area contributed by atoms with E-state index in [1.165, 1.54) is 6.07 Å². The number of amides is 3. The van der Waals surface area contributed by atoms with E-state index in [-0.39, 0.29) is 35.1 Å². The summed E-state index contributed by atoms with van der Waals surface area (Å²) in [6, 6.07) is 11.6. The molecule has 4 heterocycles. The second-order valence-electron chi connectivity index (χ2n) is 12.5. The van der Waals surface area contributed by atoms with Gasteiger partial charge in [-0.1, -0.05) is 24.3 Å². The van der Waals surface area contributed by atoms with Crippen molar-refractivity contribution in [1.29, 1.82) is 0 Å². The third-order valence-electron chi connectivity index (χ3n) is 9.49. The molecule has 0 radical (unpaired) electrons. The van der Waals surface area contributed by atoms with Gasteiger partial charge in [-0.05, 0) is 49.4 Å². The lowest BCUT2D eigenvalue weighted by Crippen LogP contribution is -2.53. The molecule has 1 aromatic heterocycles. The van der Waals surface area contributed by atoms with Crippen molar-refractivity contribution in [3.8, 4) is 0 Å². The summed E-state index contributed by atoms with van der Waals surface area (Å²) >= 11 is 0. The van der Waals surface area contributed by atoms with Crippen molar-refractivity contribution >= 4 is 28.5 Å². The summed E-state index contributed by atoms with van der Waals surface area (Å²) < 4.78 is 21.2. The number of aromatic amines is 1. The lowest BCUT2D eigenvalue weighted by atomic mass is 10.0. The molecule has 0 bridgehead atoms. The van der Waals surface area contributed by atoms with Crippen LogP contribution in [0.25, 0.3) is 10.8 Å². The number of piperidine rings is 2. The molecule has 11 nitrogen and oxygen atoms in total. The zero-order valence-corrected chi connectivity index (χ0v) is 26.3. The number of ether oxygens (including phenoxy) is 1. The molecule has 0 saturated carbocycles. The molecule has 46 heavy (non-hydrogen) atoms.